The lowest BCUT2D eigenvalue weighted by Gasteiger charge is -2.20. The Balaban J connectivity index is 2.19. The maximum atomic E-state index is 10.7. The van der Waals surface area contributed by atoms with Crippen LogP contribution in [-0.2, 0) is 9.53 Å². The zero-order valence-corrected chi connectivity index (χ0v) is 6.43. The van der Waals surface area contributed by atoms with Crippen LogP contribution in [0, 0.1) is 0 Å². The molecule has 0 aliphatic carbocycles. The largest absolute Gasteiger partial charge is 0.370 e. The number of ketones is 1. The van der Waals surface area contributed by atoms with Crippen LogP contribution in [0.15, 0.2) is 0 Å². The lowest BCUT2D eigenvalue weighted by atomic mass is 10.0. The van der Waals surface area contributed by atoms with E-state index in [1.165, 1.54) is 0 Å². The first kappa shape index (κ1) is 7.73. The van der Waals surface area contributed by atoms with E-state index in [1.54, 1.807) is 0 Å². The number of rotatable bonds is 2. The van der Waals surface area contributed by atoms with Gasteiger partial charge in [-0.15, -0.1) is 0 Å². The fourth-order valence-corrected chi connectivity index (χ4v) is 1.24. The third-order valence-corrected chi connectivity index (χ3v) is 1.84. The van der Waals surface area contributed by atoms with Crippen molar-refractivity contribution in [3.63, 3.8) is 0 Å². The highest BCUT2D eigenvalue weighted by Gasteiger charge is 2.17. The van der Waals surface area contributed by atoms with Crippen LogP contribution in [0.25, 0.3) is 0 Å². The van der Waals surface area contributed by atoms with Crippen LogP contribution in [-0.4, -0.2) is 18.5 Å². The van der Waals surface area contributed by atoms with Crippen LogP contribution < -0.4 is 0 Å². The van der Waals surface area contributed by atoms with Gasteiger partial charge in [-0.25, -0.2) is 0 Å². The van der Waals surface area contributed by atoms with Crippen molar-refractivity contribution in [1.82, 2.24) is 0 Å². The molecule has 10 heavy (non-hydrogen) atoms. The Kier molecular flexibility index (Phi) is 2.87. The molecule has 0 aromatic heterocycles. The number of carbonyl (C=O) groups is 1. The maximum Gasteiger partial charge on any atom is 0.158 e. The van der Waals surface area contributed by atoms with Gasteiger partial charge in [-0.2, -0.15) is 0 Å². The Morgan fingerprint density at radius 3 is 3.00 bits per heavy atom. The second-order valence-corrected chi connectivity index (χ2v) is 2.80. The number of hydrogen-bond acceptors (Lipinski definition) is 2. The van der Waals surface area contributed by atoms with Gasteiger partial charge in [0.1, 0.15) is 6.61 Å². The number of Topliss-reactive ketones (excluding diaryl/α,β-unsaturated/α-hetero) is 1. The average Bonchev–Trinajstić information content (AvgIpc) is 1.95. The van der Waals surface area contributed by atoms with E-state index in [2.05, 4.69) is 6.92 Å². The van der Waals surface area contributed by atoms with Crippen LogP contribution in [0.5, 0.6) is 0 Å². The molecule has 0 aromatic rings. The van der Waals surface area contributed by atoms with Crippen LogP contribution in [0.3, 0.4) is 0 Å². The van der Waals surface area contributed by atoms with Crippen molar-refractivity contribution in [2.24, 2.45) is 0 Å². The first-order valence-corrected chi connectivity index (χ1v) is 3.96. The van der Waals surface area contributed by atoms with Crippen LogP contribution in [0.2, 0.25) is 0 Å². The Labute approximate surface area is 61.6 Å². The smallest absolute Gasteiger partial charge is 0.158 e. The van der Waals surface area contributed by atoms with Crippen molar-refractivity contribution in [2.45, 2.75) is 38.7 Å². The zero-order valence-electron chi connectivity index (χ0n) is 6.43. The van der Waals surface area contributed by atoms with Gasteiger partial charge in [0.15, 0.2) is 5.78 Å². The van der Waals surface area contributed by atoms with Gasteiger partial charge < -0.3 is 4.74 Å². The second kappa shape index (κ2) is 3.71. The van der Waals surface area contributed by atoms with E-state index in [4.69, 9.17) is 4.74 Å². The summed E-state index contributed by atoms with van der Waals surface area (Å²) in [6, 6.07) is 0. The van der Waals surface area contributed by atoms with E-state index in [0.29, 0.717) is 12.7 Å². The molecule has 1 rings (SSSR count). The van der Waals surface area contributed by atoms with Gasteiger partial charge in [0.2, 0.25) is 0 Å². The van der Waals surface area contributed by atoms with Crippen molar-refractivity contribution in [2.75, 3.05) is 6.61 Å². The van der Waals surface area contributed by atoms with Crippen molar-refractivity contribution in [3.05, 3.63) is 0 Å². The summed E-state index contributed by atoms with van der Waals surface area (Å²) in [5.74, 6) is 0.257. The highest BCUT2D eigenvalue weighted by Crippen LogP contribution is 2.14. The van der Waals surface area contributed by atoms with E-state index in [1.807, 2.05) is 0 Å². The average molecular weight is 142 g/mol. The Morgan fingerprint density at radius 2 is 2.50 bits per heavy atom. The minimum atomic E-state index is 0.257. The standard InChI is InChI=1S/C8H14O2/c1-2-3-8-5-4-7(9)6-10-8/h8H,2-6H2,1H3. The normalized spacial score (nSPS) is 26.9. The van der Waals surface area contributed by atoms with Crippen molar-refractivity contribution >= 4 is 5.78 Å². The van der Waals surface area contributed by atoms with Crippen molar-refractivity contribution in [1.29, 1.82) is 0 Å². The zero-order chi connectivity index (χ0) is 7.40. The van der Waals surface area contributed by atoms with Gasteiger partial charge in [0, 0.05) is 6.42 Å². The molecule has 58 valence electrons. The predicted octanol–water partition coefficient (Wildman–Crippen LogP) is 1.53. The number of ether oxygens (including phenoxy) is 1. The summed E-state index contributed by atoms with van der Waals surface area (Å²) in [6.45, 7) is 2.49. The molecule has 0 aromatic carbocycles. The van der Waals surface area contributed by atoms with Gasteiger partial charge >= 0.3 is 0 Å². The van der Waals surface area contributed by atoms with E-state index in [-0.39, 0.29) is 5.78 Å². The van der Waals surface area contributed by atoms with Crippen molar-refractivity contribution < 1.29 is 9.53 Å². The molecular formula is C8H14O2. The summed E-state index contributed by atoms with van der Waals surface area (Å²) >= 11 is 0. The monoisotopic (exact) mass is 142 g/mol. The highest BCUT2D eigenvalue weighted by molar-refractivity contribution is 5.80. The summed E-state index contributed by atoms with van der Waals surface area (Å²) in [5, 5.41) is 0. The summed E-state index contributed by atoms with van der Waals surface area (Å²) in [5.41, 5.74) is 0. The molecule has 2 heteroatoms. The third kappa shape index (κ3) is 2.10. The maximum absolute atomic E-state index is 10.7. The molecule has 0 N–H and O–H groups in total. The van der Waals surface area contributed by atoms with E-state index in [9.17, 15) is 4.79 Å². The predicted molar refractivity (Wildman–Crippen MR) is 38.9 cm³/mol. The molecule has 1 saturated heterocycles. The minimum absolute atomic E-state index is 0.257. The molecular weight excluding hydrogens is 128 g/mol. The van der Waals surface area contributed by atoms with Gasteiger partial charge in [0.25, 0.3) is 0 Å². The molecule has 1 fully saturated rings. The lowest BCUT2D eigenvalue weighted by Crippen LogP contribution is -2.25. The fraction of sp³-hybridized carbons (Fsp3) is 0.875. The van der Waals surface area contributed by atoms with Crippen LogP contribution in [0.4, 0.5) is 0 Å². The minimum Gasteiger partial charge on any atom is -0.370 e. The molecule has 0 bridgehead atoms. The third-order valence-electron chi connectivity index (χ3n) is 1.84. The Bertz CT molecular complexity index is 110. The summed E-state index contributed by atoms with van der Waals surface area (Å²) in [6.07, 6.45) is 4.28. The van der Waals surface area contributed by atoms with E-state index < -0.39 is 0 Å². The molecule has 2 nitrogen and oxygen atoms in total. The van der Waals surface area contributed by atoms with Crippen LogP contribution in [0.1, 0.15) is 32.6 Å². The summed E-state index contributed by atoms with van der Waals surface area (Å²) < 4.78 is 5.28. The molecule has 1 atom stereocenters. The Morgan fingerprint density at radius 1 is 1.70 bits per heavy atom. The molecule has 0 spiro atoms. The van der Waals surface area contributed by atoms with E-state index in [0.717, 1.165) is 25.7 Å². The van der Waals surface area contributed by atoms with Gasteiger partial charge in [-0.1, -0.05) is 13.3 Å². The quantitative estimate of drug-likeness (QED) is 0.584. The molecule has 1 aliphatic rings. The number of carbonyl (C=O) groups excluding carboxylic acids is 1. The lowest BCUT2D eigenvalue weighted by molar-refractivity contribution is -0.131. The van der Waals surface area contributed by atoms with E-state index >= 15 is 0 Å². The first-order chi connectivity index (χ1) is 4.83. The molecule has 1 aliphatic heterocycles. The molecule has 0 amide bonds. The summed E-state index contributed by atoms with van der Waals surface area (Å²) in [4.78, 5) is 10.7. The first-order valence-electron chi connectivity index (χ1n) is 3.96. The van der Waals surface area contributed by atoms with Gasteiger partial charge in [-0.3, -0.25) is 4.79 Å². The SMILES string of the molecule is CCCC1CCC(=O)CO1. The molecule has 1 unspecified atom stereocenters. The molecule has 0 saturated carbocycles. The fourth-order valence-electron chi connectivity index (χ4n) is 1.24. The van der Waals surface area contributed by atoms with Crippen molar-refractivity contribution in [3.8, 4) is 0 Å². The van der Waals surface area contributed by atoms with Crippen LogP contribution >= 0.6 is 0 Å². The highest BCUT2D eigenvalue weighted by atomic mass is 16.5. The molecule has 1 heterocycles. The van der Waals surface area contributed by atoms with Gasteiger partial charge in [0.05, 0.1) is 6.10 Å². The topological polar surface area (TPSA) is 26.3 Å². The second-order valence-electron chi connectivity index (χ2n) is 2.80. The molecule has 0 radical (unpaired) electrons. The number of hydrogen-bond donors (Lipinski definition) is 0. The Hall–Kier alpha value is -0.370. The summed E-state index contributed by atoms with van der Waals surface area (Å²) in [7, 11) is 0. The van der Waals surface area contributed by atoms with Gasteiger partial charge in [-0.05, 0) is 12.8 Å².